The van der Waals surface area contributed by atoms with E-state index in [0.717, 1.165) is 14.2 Å². The molecule has 0 aliphatic carbocycles. The van der Waals surface area contributed by atoms with Gasteiger partial charge in [-0.15, -0.1) is 11.3 Å². The standard InChI is InChI=1S/C12H9BrClNOS2/c13-11-4-2-8(18-11)6-16-10-3-1-7(12(15)17)5-9(10)14/h1-5H,6H2,(H2,15,17). The molecule has 0 radical (unpaired) electrons. The second-order valence-electron chi connectivity index (χ2n) is 3.50. The second-order valence-corrected chi connectivity index (χ2v) is 6.90. The highest BCUT2D eigenvalue weighted by Crippen LogP contribution is 2.28. The molecule has 0 saturated carbocycles. The van der Waals surface area contributed by atoms with E-state index in [0.29, 0.717) is 22.4 Å². The van der Waals surface area contributed by atoms with Gasteiger partial charge in [0.15, 0.2) is 0 Å². The monoisotopic (exact) mass is 361 g/mol. The Bertz CT molecular complexity index is 585. The molecule has 0 saturated heterocycles. The van der Waals surface area contributed by atoms with Crippen molar-refractivity contribution in [3.8, 4) is 5.75 Å². The first-order valence-electron chi connectivity index (χ1n) is 5.02. The molecule has 1 heterocycles. The molecule has 6 heteroatoms. The van der Waals surface area contributed by atoms with Gasteiger partial charge in [-0.2, -0.15) is 0 Å². The molecule has 0 amide bonds. The SMILES string of the molecule is NC(=S)c1ccc(OCc2ccc(Br)s2)c(Cl)c1. The molecule has 2 aromatic rings. The molecule has 2 N–H and O–H groups in total. The highest BCUT2D eigenvalue weighted by molar-refractivity contribution is 9.11. The van der Waals surface area contributed by atoms with Crippen LogP contribution in [0.15, 0.2) is 34.1 Å². The Labute approximate surface area is 128 Å². The van der Waals surface area contributed by atoms with Gasteiger partial charge >= 0.3 is 0 Å². The van der Waals surface area contributed by atoms with Crippen molar-refractivity contribution < 1.29 is 4.74 Å². The summed E-state index contributed by atoms with van der Waals surface area (Å²) < 4.78 is 6.72. The summed E-state index contributed by atoms with van der Waals surface area (Å²) >= 11 is 16.0. The van der Waals surface area contributed by atoms with E-state index < -0.39 is 0 Å². The molecular formula is C12H9BrClNOS2. The number of ether oxygens (including phenoxy) is 1. The van der Waals surface area contributed by atoms with Gasteiger partial charge in [0.1, 0.15) is 17.3 Å². The van der Waals surface area contributed by atoms with Gasteiger partial charge in [-0.25, -0.2) is 0 Å². The van der Waals surface area contributed by atoms with Gasteiger partial charge in [0.2, 0.25) is 0 Å². The molecule has 2 nitrogen and oxygen atoms in total. The highest BCUT2D eigenvalue weighted by Gasteiger charge is 2.06. The second kappa shape index (κ2) is 6.02. The van der Waals surface area contributed by atoms with Gasteiger partial charge in [-0.05, 0) is 46.3 Å². The minimum Gasteiger partial charge on any atom is -0.487 e. The lowest BCUT2D eigenvalue weighted by atomic mass is 10.2. The van der Waals surface area contributed by atoms with Crippen LogP contribution in [0, 0.1) is 0 Å². The number of hydrogen-bond donors (Lipinski definition) is 1. The quantitative estimate of drug-likeness (QED) is 0.820. The average molecular weight is 363 g/mol. The smallest absolute Gasteiger partial charge is 0.138 e. The van der Waals surface area contributed by atoms with Crippen LogP contribution in [-0.4, -0.2) is 4.99 Å². The van der Waals surface area contributed by atoms with Crippen molar-refractivity contribution in [1.82, 2.24) is 0 Å². The van der Waals surface area contributed by atoms with Crippen molar-refractivity contribution in [3.05, 3.63) is 49.6 Å². The molecule has 18 heavy (non-hydrogen) atoms. The van der Waals surface area contributed by atoms with Crippen molar-refractivity contribution in [2.75, 3.05) is 0 Å². The van der Waals surface area contributed by atoms with Crippen LogP contribution in [0.2, 0.25) is 5.02 Å². The summed E-state index contributed by atoms with van der Waals surface area (Å²) in [6.45, 7) is 0.488. The number of halogens is 2. The summed E-state index contributed by atoms with van der Waals surface area (Å²) in [6, 6.07) is 9.28. The van der Waals surface area contributed by atoms with Gasteiger partial charge in [0.25, 0.3) is 0 Å². The molecular weight excluding hydrogens is 354 g/mol. The average Bonchev–Trinajstić information content (AvgIpc) is 2.73. The van der Waals surface area contributed by atoms with E-state index in [1.165, 1.54) is 0 Å². The largest absolute Gasteiger partial charge is 0.487 e. The van der Waals surface area contributed by atoms with E-state index in [-0.39, 0.29) is 0 Å². The van der Waals surface area contributed by atoms with Gasteiger partial charge in [0.05, 0.1) is 8.81 Å². The fraction of sp³-hybridized carbons (Fsp3) is 0.0833. The molecule has 1 aromatic carbocycles. The van der Waals surface area contributed by atoms with Crippen LogP contribution < -0.4 is 10.5 Å². The predicted octanol–water partition coefficient (Wildman–Crippen LogP) is 4.38. The lowest BCUT2D eigenvalue weighted by Crippen LogP contribution is -2.09. The zero-order valence-corrected chi connectivity index (χ0v) is 13.1. The first-order chi connectivity index (χ1) is 8.56. The van der Waals surface area contributed by atoms with Gasteiger partial charge in [-0.1, -0.05) is 23.8 Å². The topological polar surface area (TPSA) is 35.2 Å². The minimum atomic E-state index is 0.325. The van der Waals surface area contributed by atoms with Crippen LogP contribution in [0.3, 0.4) is 0 Å². The van der Waals surface area contributed by atoms with E-state index in [2.05, 4.69) is 15.9 Å². The Morgan fingerprint density at radius 2 is 2.17 bits per heavy atom. The Morgan fingerprint density at radius 1 is 1.39 bits per heavy atom. The van der Waals surface area contributed by atoms with E-state index in [9.17, 15) is 0 Å². The van der Waals surface area contributed by atoms with Gasteiger partial charge in [-0.3, -0.25) is 0 Å². The van der Waals surface area contributed by atoms with Crippen molar-refractivity contribution in [1.29, 1.82) is 0 Å². The summed E-state index contributed by atoms with van der Waals surface area (Å²) in [5, 5.41) is 0.510. The summed E-state index contributed by atoms with van der Waals surface area (Å²) in [5.41, 5.74) is 6.27. The molecule has 1 aromatic heterocycles. The molecule has 0 bridgehead atoms. The summed E-state index contributed by atoms with van der Waals surface area (Å²) in [6.07, 6.45) is 0. The molecule has 0 aliphatic rings. The van der Waals surface area contributed by atoms with Crippen LogP contribution in [0.5, 0.6) is 5.75 Å². The first-order valence-corrected chi connectivity index (χ1v) is 7.42. The van der Waals surface area contributed by atoms with Crippen LogP contribution in [0.25, 0.3) is 0 Å². The Hall–Kier alpha value is -0.620. The van der Waals surface area contributed by atoms with Crippen LogP contribution in [0.4, 0.5) is 0 Å². The Kier molecular flexibility index (Phi) is 4.61. The maximum atomic E-state index is 6.10. The van der Waals surface area contributed by atoms with Crippen LogP contribution >= 0.6 is 51.1 Å². The van der Waals surface area contributed by atoms with Gasteiger partial charge in [0, 0.05) is 10.4 Å². The summed E-state index contributed by atoms with van der Waals surface area (Å²) in [5.74, 6) is 0.626. The van der Waals surface area contributed by atoms with E-state index in [4.69, 9.17) is 34.3 Å². The number of rotatable bonds is 4. The van der Waals surface area contributed by atoms with Crippen molar-refractivity contribution >= 4 is 56.1 Å². The van der Waals surface area contributed by atoms with Crippen molar-refractivity contribution in [2.24, 2.45) is 5.73 Å². The van der Waals surface area contributed by atoms with Crippen LogP contribution in [0.1, 0.15) is 10.4 Å². The molecule has 0 fully saturated rings. The summed E-state index contributed by atoms with van der Waals surface area (Å²) in [4.78, 5) is 1.45. The van der Waals surface area contributed by atoms with Crippen LogP contribution in [-0.2, 0) is 6.61 Å². The highest BCUT2D eigenvalue weighted by atomic mass is 79.9. The molecule has 0 spiro atoms. The zero-order chi connectivity index (χ0) is 13.1. The lowest BCUT2D eigenvalue weighted by molar-refractivity contribution is 0.310. The molecule has 0 aliphatic heterocycles. The molecule has 94 valence electrons. The summed E-state index contributed by atoms with van der Waals surface area (Å²) in [7, 11) is 0. The number of thiocarbonyl (C=S) groups is 1. The van der Waals surface area contributed by atoms with Crippen molar-refractivity contribution in [3.63, 3.8) is 0 Å². The van der Waals surface area contributed by atoms with E-state index >= 15 is 0 Å². The molecule has 0 unspecified atom stereocenters. The lowest BCUT2D eigenvalue weighted by Gasteiger charge is -2.08. The Balaban J connectivity index is 2.08. The number of benzene rings is 1. The molecule has 0 atom stereocenters. The maximum absolute atomic E-state index is 6.10. The number of nitrogens with two attached hydrogens (primary N) is 1. The fourth-order valence-electron chi connectivity index (χ4n) is 1.35. The fourth-order valence-corrected chi connectivity index (χ4v) is 3.11. The predicted molar refractivity (Wildman–Crippen MR) is 83.7 cm³/mol. The first kappa shape index (κ1) is 13.8. The van der Waals surface area contributed by atoms with E-state index in [1.54, 1.807) is 29.5 Å². The number of hydrogen-bond acceptors (Lipinski definition) is 3. The molecule has 2 rings (SSSR count). The van der Waals surface area contributed by atoms with Crippen molar-refractivity contribution in [2.45, 2.75) is 6.61 Å². The third kappa shape index (κ3) is 3.45. The third-order valence-corrected chi connectivity index (χ3v) is 4.34. The minimum absolute atomic E-state index is 0.325. The maximum Gasteiger partial charge on any atom is 0.138 e. The van der Waals surface area contributed by atoms with E-state index in [1.807, 2.05) is 12.1 Å². The van der Waals surface area contributed by atoms with Gasteiger partial charge < -0.3 is 10.5 Å². The zero-order valence-electron chi connectivity index (χ0n) is 9.15. The third-order valence-electron chi connectivity index (χ3n) is 2.22. The normalized spacial score (nSPS) is 10.3. The number of thiophene rings is 1. The Morgan fingerprint density at radius 3 is 2.72 bits per heavy atom.